The number of hydrogen-bond acceptors (Lipinski definition) is 4. The largest absolute Gasteiger partial charge is 0.482 e. The first kappa shape index (κ1) is 14.0. The molecule has 0 aliphatic heterocycles. The molecule has 20 heavy (non-hydrogen) atoms. The molecule has 0 amide bonds. The first-order chi connectivity index (χ1) is 9.60. The van der Waals surface area contributed by atoms with Crippen LogP contribution < -0.4 is 10.5 Å². The molecule has 0 fully saturated rings. The van der Waals surface area contributed by atoms with Crippen molar-refractivity contribution in [3.63, 3.8) is 0 Å². The Morgan fingerprint density at radius 3 is 2.40 bits per heavy atom. The monoisotopic (exact) mass is 276 g/mol. The Bertz CT molecular complexity index is 614. The minimum absolute atomic E-state index is 0.120. The second kappa shape index (κ2) is 6.12. The summed E-state index contributed by atoms with van der Waals surface area (Å²) in [5.41, 5.74) is 6.84. The van der Waals surface area contributed by atoms with Crippen LogP contribution in [0.5, 0.6) is 5.75 Å². The topological polar surface area (TPSA) is 78.4 Å². The lowest BCUT2D eigenvalue weighted by Crippen LogP contribution is -2.02. The van der Waals surface area contributed by atoms with Gasteiger partial charge in [0.05, 0.1) is 4.92 Å². The number of rotatable bonds is 5. The quantitative estimate of drug-likeness (QED) is 0.672. The van der Waals surface area contributed by atoms with Gasteiger partial charge in [0.2, 0.25) is 0 Å². The Labute approximate surface area is 114 Å². The highest BCUT2D eigenvalue weighted by Gasteiger charge is 2.15. The zero-order chi connectivity index (χ0) is 14.5. The summed E-state index contributed by atoms with van der Waals surface area (Å²) in [6.07, 6.45) is 0. The predicted molar refractivity (Wildman–Crippen MR) is 71.7 cm³/mol. The summed E-state index contributed by atoms with van der Waals surface area (Å²) < 4.78 is 18.2. The third kappa shape index (κ3) is 3.30. The van der Waals surface area contributed by atoms with Gasteiger partial charge in [-0.1, -0.05) is 18.2 Å². The molecule has 0 atom stereocenters. The molecule has 2 rings (SSSR count). The maximum Gasteiger partial charge on any atom is 0.310 e. The van der Waals surface area contributed by atoms with E-state index in [1.54, 1.807) is 24.3 Å². The molecular weight excluding hydrogens is 263 g/mol. The first-order valence-corrected chi connectivity index (χ1v) is 5.95. The summed E-state index contributed by atoms with van der Waals surface area (Å²) in [5.74, 6) is -0.188. The van der Waals surface area contributed by atoms with Crippen molar-refractivity contribution in [2.75, 3.05) is 0 Å². The molecule has 6 heteroatoms. The normalized spacial score (nSPS) is 10.3. The average Bonchev–Trinajstić information content (AvgIpc) is 2.46. The van der Waals surface area contributed by atoms with Crippen molar-refractivity contribution < 1.29 is 14.1 Å². The van der Waals surface area contributed by atoms with Crippen LogP contribution in [-0.4, -0.2) is 4.92 Å². The minimum Gasteiger partial charge on any atom is -0.482 e. The molecule has 2 aromatic rings. The van der Waals surface area contributed by atoms with Gasteiger partial charge in [0, 0.05) is 12.6 Å². The van der Waals surface area contributed by atoms with E-state index in [0.717, 1.165) is 11.1 Å². The Morgan fingerprint density at radius 2 is 1.80 bits per heavy atom. The lowest BCUT2D eigenvalue weighted by atomic mass is 10.2. The van der Waals surface area contributed by atoms with Gasteiger partial charge in [-0.15, -0.1) is 0 Å². The predicted octanol–water partition coefficient (Wildman–Crippen LogP) is 2.77. The molecule has 0 radical (unpaired) electrons. The molecule has 5 nitrogen and oxygen atoms in total. The van der Waals surface area contributed by atoms with Gasteiger partial charge in [-0.2, -0.15) is 0 Å². The summed E-state index contributed by atoms with van der Waals surface area (Å²) in [5, 5.41) is 10.9. The third-order valence-electron chi connectivity index (χ3n) is 2.76. The Kier molecular flexibility index (Phi) is 4.27. The second-order valence-corrected chi connectivity index (χ2v) is 4.18. The number of nitrogens with zero attached hydrogens (tertiary/aromatic N) is 1. The van der Waals surface area contributed by atoms with Gasteiger partial charge >= 0.3 is 5.69 Å². The van der Waals surface area contributed by atoms with Crippen LogP contribution in [0.4, 0.5) is 10.1 Å². The highest BCUT2D eigenvalue weighted by Crippen LogP contribution is 2.28. The number of ether oxygens (including phenoxy) is 1. The van der Waals surface area contributed by atoms with Gasteiger partial charge in [0.15, 0.2) is 5.75 Å². The van der Waals surface area contributed by atoms with Crippen molar-refractivity contribution in [2.24, 2.45) is 5.73 Å². The zero-order valence-corrected chi connectivity index (χ0v) is 10.6. The standard InChI is InChI=1S/C14H13FN2O3/c15-12-4-1-10(2-5-12)9-20-14-7-11(8-16)3-6-13(14)17(18)19/h1-7H,8-9,16H2. The number of benzene rings is 2. The summed E-state index contributed by atoms with van der Waals surface area (Å²) >= 11 is 0. The van der Waals surface area contributed by atoms with Gasteiger partial charge in [0.25, 0.3) is 0 Å². The van der Waals surface area contributed by atoms with Crippen LogP contribution in [0.15, 0.2) is 42.5 Å². The van der Waals surface area contributed by atoms with Gasteiger partial charge in [0.1, 0.15) is 12.4 Å². The van der Waals surface area contributed by atoms with Crippen molar-refractivity contribution in [1.82, 2.24) is 0 Å². The first-order valence-electron chi connectivity index (χ1n) is 5.95. The van der Waals surface area contributed by atoms with Gasteiger partial charge < -0.3 is 10.5 Å². The van der Waals surface area contributed by atoms with E-state index in [1.807, 2.05) is 0 Å². The fourth-order valence-corrected chi connectivity index (χ4v) is 1.69. The lowest BCUT2D eigenvalue weighted by molar-refractivity contribution is -0.386. The van der Waals surface area contributed by atoms with E-state index in [-0.39, 0.29) is 30.4 Å². The average molecular weight is 276 g/mol. The van der Waals surface area contributed by atoms with Crippen LogP contribution in [0, 0.1) is 15.9 Å². The third-order valence-corrected chi connectivity index (χ3v) is 2.76. The van der Waals surface area contributed by atoms with Crippen LogP contribution in [0.2, 0.25) is 0 Å². The van der Waals surface area contributed by atoms with Crippen molar-refractivity contribution >= 4 is 5.69 Å². The van der Waals surface area contributed by atoms with Gasteiger partial charge in [-0.3, -0.25) is 10.1 Å². The van der Waals surface area contributed by atoms with Crippen LogP contribution in [-0.2, 0) is 13.2 Å². The number of nitro groups is 1. The SMILES string of the molecule is NCc1ccc([N+](=O)[O-])c(OCc2ccc(F)cc2)c1. The molecular formula is C14H13FN2O3. The summed E-state index contributed by atoms with van der Waals surface area (Å²) in [4.78, 5) is 10.4. The molecule has 0 aliphatic rings. The maximum absolute atomic E-state index is 12.8. The van der Waals surface area contributed by atoms with E-state index in [9.17, 15) is 14.5 Å². The van der Waals surface area contributed by atoms with Gasteiger partial charge in [-0.25, -0.2) is 4.39 Å². The lowest BCUT2D eigenvalue weighted by Gasteiger charge is -2.08. The van der Waals surface area contributed by atoms with Crippen molar-refractivity contribution in [3.8, 4) is 5.75 Å². The summed E-state index contributed by atoms with van der Waals surface area (Å²) in [7, 11) is 0. The number of nitro benzene ring substituents is 1. The molecule has 0 unspecified atom stereocenters. The Hall–Kier alpha value is -2.47. The number of halogens is 1. The van der Waals surface area contributed by atoms with Crippen molar-refractivity contribution in [1.29, 1.82) is 0 Å². The molecule has 0 heterocycles. The zero-order valence-electron chi connectivity index (χ0n) is 10.6. The Balaban J connectivity index is 2.18. The molecule has 2 aromatic carbocycles. The second-order valence-electron chi connectivity index (χ2n) is 4.18. The van der Waals surface area contributed by atoms with Crippen LogP contribution >= 0.6 is 0 Å². The minimum atomic E-state index is -0.514. The molecule has 0 saturated carbocycles. The molecule has 0 aromatic heterocycles. The van der Waals surface area contributed by atoms with E-state index >= 15 is 0 Å². The summed E-state index contributed by atoms with van der Waals surface area (Å²) in [6.45, 7) is 0.389. The number of hydrogen-bond donors (Lipinski definition) is 1. The van der Waals surface area contributed by atoms with Crippen LogP contribution in [0.3, 0.4) is 0 Å². The van der Waals surface area contributed by atoms with Crippen LogP contribution in [0.1, 0.15) is 11.1 Å². The molecule has 0 spiro atoms. The van der Waals surface area contributed by atoms with Crippen molar-refractivity contribution in [2.45, 2.75) is 13.2 Å². The summed E-state index contributed by atoms with van der Waals surface area (Å²) in [6, 6.07) is 10.2. The molecule has 0 saturated heterocycles. The molecule has 2 N–H and O–H groups in total. The fraction of sp³-hybridized carbons (Fsp3) is 0.143. The molecule has 104 valence electrons. The number of nitrogens with two attached hydrogens (primary N) is 1. The highest BCUT2D eigenvalue weighted by molar-refractivity contribution is 5.48. The molecule has 0 aliphatic carbocycles. The van der Waals surface area contributed by atoms with Crippen molar-refractivity contribution in [3.05, 3.63) is 69.5 Å². The van der Waals surface area contributed by atoms with Crippen LogP contribution in [0.25, 0.3) is 0 Å². The highest BCUT2D eigenvalue weighted by atomic mass is 19.1. The van der Waals surface area contributed by atoms with E-state index in [2.05, 4.69) is 0 Å². The van der Waals surface area contributed by atoms with E-state index in [4.69, 9.17) is 10.5 Å². The molecule has 0 bridgehead atoms. The van der Waals surface area contributed by atoms with E-state index in [0.29, 0.717) is 0 Å². The maximum atomic E-state index is 12.8. The van der Waals surface area contributed by atoms with Gasteiger partial charge in [-0.05, 0) is 29.3 Å². The van der Waals surface area contributed by atoms with E-state index in [1.165, 1.54) is 18.2 Å². The van der Waals surface area contributed by atoms with E-state index < -0.39 is 4.92 Å². The smallest absolute Gasteiger partial charge is 0.310 e. The Morgan fingerprint density at radius 1 is 1.15 bits per heavy atom. The fourth-order valence-electron chi connectivity index (χ4n) is 1.69.